The van der Waals surface area contributed by atoms with Gasteiger partial charge in [-0.25, -0.2) is 4.99 Å². The Kier molecular flexibility index (Phi) is 10.2. The van der Waals surface area contributed by atoms with E-state index in [9.17, 15) is 13.2 Å². The first-order valence-corrected chi connectivity index (χ1v) is 8.69. The molecule has 1 fully saturated rings. The van der Waals surface area contributed by atoms with Gasteiger partial charge in [0.05, 0.1) is 6.54 Å². The van der Waals surface area contributed by atoms with Gasteiger partial charge in [0.2, 0.25) is 0 Å². The van der Waals surface area contributed by atoms with Crippen LogP contribution in [0.4, 0.5) is 13.2 Å². The number of nitrogens with one attached hydrogen (secondary N) is 1. The lowest BCUT2D eigenvalue weighted by atomic mass is 10.2. The van der Waals surface area contributed by atoms with Crippen molar-refractivity contribution in [3.8, 4) is 5.75 Å². The number of nitrogens with zero attached hydrogens (tertiary/aromatic N) is 3. The van der Waals surface area contributed by atoms with Crippen molar-refractivity contribution in [1.29, 1.82) is 0 Å². The summed E-state index contributed by atoms with van der Waals surface area (Å²) in [6, 6.07) is 5.59. The highest BCUT2D eigenvalue weighted by atomic mass is 127. The Morgan fingerprint density at radius 2 is 1.74 bits per heavy atom. The summed E-state index contributed by atoms with van der Waals surface area (Å²) in [5.74, 6) is 0.0762. The van der Waals surface area contributed by atoms with E-state index in [0.717, 1.165) is 44.8 Å². The van der Waals surface area contributed by atoms with Crippen LogP contribution < -0.4 is 15.8 Å². The van der Waals surface area contributed by atoms with E-state index in [1.54, 1.807) is 0 Å². The quantitative estimate of drug-likeness (QED) is 0.341. The lowest BCUT2D eigenvalue weighted by molar-refractivity contribution is -0.274. The molecule has 3 N–H and O–H groups in total. The zero-order valence-electron chi connectivity index (χ0n) is 15.3. The van der Waals surface area contributed by atoms with Gasteiger partial charge in [0.25, 0.3) is 0 Å². The number of nitrogens with two attached hydrogens (primary N) is 1. The minimum atomic E-state index is -4.68. The lowest BCUT2D eigenvalue weighted by Crippen LogP contribution is -2.48. The molecule has 0 saturated carbocycles. The highest BCUT2D eigenvalue weighted by Gasteiger charge is 2.30. The largest absolute Gasteiger partial charge is 0.573 e. The van der Waals surface area contributed by atoms with E-state index in [0.29, 0.717) is 19.0 Å². The van der Waals surface area contributed by atoms with Gasteiger partial charge in [0.15, 0.2) is 5.96 Å². The van der Waals surface area contributed by atoms with E-state index in [-0.39, 0.29) is 29.7 Å². The Morgan fingerprint density at radius 1 is 1.15 bits per heavy atom. The highest BCUT2D eigenvalue weighted by molar-refractivity contribution is 14.0. The zero-order valence-corrected chi connectivity index (χ0v) is 17.7. The van der Waals surface area contributed by atoms with Crippen LogP contribution in [-0.2, 0) is 6.54 Å². The first-order valence-electron chi connectivity index (χ1n) is 8.69. The first-order chi connectivity index (χ1) is 12.4. The summed E-state index contributed by atoms with van der Waals surface area (Å²) in [6.45, 7) is 9.46. The molecule has 1 saturated heterocycles. The molecule has 0 unspecified atom stereocenters. The van der Waals surface area contributed by atoms with Crippen LogP contribution in [0.25, 0.3) is 0 Å². The fourth-order valence-electron chi connectivity index (χ4n) is 2.70. The average molecular weight is 501 g/mol. The zero-order chi connectivity index (χ0) is 19.0. The molecule has 27 heavy (non-hydrogen) atoms. The van der Waals surface area contributed by atoms with E-state index in [1.165, 1.54) is 24.3 Å². The van der Waals surface area contributed by atoms with Crippen LogP contribution in [-0.4, -0.2) is 67.9 Å². The number of hydrogen-bond donors (Lipinski definition) is 2. The summed E-state index contributed by atoms with van der Waals surface area (Å²) < 4.78 is 40.2. The molecule has 1 heterocycles. The molecule has 0 bridgehead atoms. The van der Waals surface area contributed by atoms with Crippen molar-refractivity contribution in [2.75, 3.05) is 45.8 Å². The summed E-state index contributed by atoms with van der Waals surface area (Å²) in [5.41, 5.74) is 6.58. The SMILES string of the molecule is CCN1CCN(CCNC(N)=NCc2ccc(OC(F)(F)F)cc2)CC1.I. The van der Waals surface area contributed by atoms with Gasteiger partial charge < -0.3 is 20.7 Å². The van der Waals surface area contributed by atoms with Gasteiger partial charge in [-0.15, -0.1) is 37.1 Å². The molecular formula is C17H27F3IN5O. The third kappa shape index (κ3) is 9.47. The van der Waals surface area contributed by atoms with Crippen LogP contribution in [0.2, 0.25) is 0 Å². The topological polar surface area (TPSA) is 66.1 Å². The number of aliphatic imine (C=N–C) groups is 1. The number of likely N-dealkylation sites (N-methyl/N-ethyl adjacent to an activating group) is 1. The van der Waals surface area contributed by atoms with E-state index in [1.807, 2.05) is 0 Å². The third-order valence-corrected chi connectivity index (χ3v) is 4.24. The molecule has 0 atom stereocenters. The molecule has 0 aliphatic carbocycles. The second-order valence-electron chi connectivity index (χ2n) is 6.10. The van der Waals surface area contributed by atoms with E-state index in [4.69, 9.17) is 5.73 Å². The normalized spacial score (nSPS) is 16.7. The van der Waals surface area contributed by atoms with Crippen LogP contribution in [0, 0.1) is 0 Å². The second-order valence-corrected chi connectivity index (χ2v) is 6.10. The van der Waals surface area contributed by atoms with Gasteiger partial charge in [-0.3, -0.25) is 4.90 Å². The number of ether oxygens (including phenoxy) is 1. The van der Waals surface area contributed by atoms with Gasteiger partial charge in [0, 0.05) is 39.3 Å². The Hall–Kier alpha value is -1.27. The van der Waals surface area contributed by atoms with Crippen molar-refractivity contribution in [2.45, 2.75) is 19.8 Å². The highest BCUT2D eigenvalue weighted by Crippen LogP contribution is 2.22. The molecule has 0 amide bonds. The molecule has 0 spiro atoms. The Bertz CT molecular complexity index is 575. The number of halogens is 4. The molecule has 1 aromatic carbocycles. The number of guanidine groups is 1. The maximum Gasteiger partial charge on any atom is 0.573 e. The minimum Gasteiger partial charge on any atom is -0.406 e. The predicted molar refractivity (Wildman–Crippen MR) is 110 cm³/mol. The van der Waals surface area contributed by atoms with Crippen LogP contribution in [0.1, 0.15) is 12.5 Å². The molecule has 6 nitrogen and oxygen atoms in total. The Morgan fingerprint density at radius 3 is 2.30 bits per heavy atom. The fraction of sp³-hybridized carbons (Fsp3) is 0.588. The molecule has 154 valence electrons. The van der Waals surface area contributed by atoms with E-state index in [2.05, 4.69) is 31.8 Å². The number of rotatable bonds is 7. The van der Waals surface area contributed by atoms with Crippen molar-refractivity contribution in [3.05, 3.63) is 29.8 Å². The van der Waals surface area contributed by atoms with Crippen LogP contribution in [0.5, 0.6) is 5.75 Å². The van der Waals surface area contributed by atoms with Crippen LogP contribution >= 0.6 is 24.0 Å². The predicted octanol–water partition coefficient (Wildman–Crippen LogP) is 2.24. The summed E-state index contributed by atoms with van der Waals surface area (Å²) in [4.78, 5) is 9.00. The maximum absolute atomic E-state index is 12.1. The number of hydrogen-bond acceptors (Lipinski definition) is 4. The number of alkyl halides is 3. The average Bonchev–Trinajstić information content (AvgIpc) is 2.60. The minimum absolute atomic E-state index is 0. The molecule has 10 heteroatoms. The summed E-state index contributed by atoms with van der Waals surface area (Å²) in [5, 5.41) is 3.07. The Balaban J connectivity index is 0.00000364. The molecular weight excluding hydrogens is 474 g/mol. The summed E-state index contributed by atoms with van der Waals surface area (Å²) in [6.07, 6.45) is -4.68. The van der Waals surface area contributed by atoms with Gasteiger partial charge in [-0.2, -0.15) is 0 Å². The van der Waals surface area contributed by atoms with Gasteiger partial charge in [0.1, 0.15) is 5.75 Å². The molecule has 1 aliphatic rings. The van der Waals surface area contributed by atoms with Crippen molar-refractivity contribution in [3.63, 3.8) is 0 Å². The standard InChI is InChI=1S/C17H26F3N5O.HI/c1-2-24-9-11-25(12-10-24)8-7-22-16(21)23-13-14-3-5-15(6-4-14)26-17(18,19)20;/h3-6H,2,7-13H2,1H3,(H3,21,22,23);1H. The summed E-state index contributed by atoms with van der Waals surface area (Å²) >= 11 is 0. The monoisotopic (exact) mass is 501 g/mol. The van der Waals surface area contributed by atoms with Crippen molar-refractivity contribution in [2.24, 2.45) is 10.7 Å². The van der Waals surface area contributed by atoms with Crippen molar-refractivity contribution >= 4 is 29.9 Å². The van der Waals surface area contributed by atoms with Crippen molar-refractivity contribution < 1.29 is 17.9 Å². The van der Waals surface area contributed by atoms with Crippen LogP contribution in [0.15, 0.2) is 29.3 Å². The Labute approximate surface area is 174 Å². The van der Waals surface area contributed by atoms with Crippen LogP contribution in [0.3, 0.4) is 0 Å². The molecule has 1 aromatic rings. The second kappa shape index (κ2) is 11.5. The van der Waals surface area contributed by atoms with Gasteiger partial charge >= 0.3 is 6.36 Å². The molecule has 1 aliphatic heterocycles. The lowest BCUT2D eigenvalue weighted by Gasteiger charge is -2.33. The third-order valence-electron chi connectivity index (χ3n) is 4.24. The molecule has 0 aromatic heterocycles. The smallest absolute Gasteiger partial charge is 0.406 e. The number of piperazine rings is 1. The maximum atomic E-state index is 12.1. The summed E-state index contributed by atoms with van der Waals surface area (Å²) in [7, 11) is 0. The van der Waals surface area contributed by atoms with Gasteiger partial charge in [-0.1, -0.05) is 19.1 Å². The van der Waals surface area contributed by atoms with E-state index >= 15 is 0 Å². The first kappa shape index (κ1) is 23.8. The number of benzene rings is 1. The van der Waals surface area contributed by atoms with Crippen molar-refractivity contribution in [1.82, 2.24) is 15.1 Å². The van der Waals surface area contributed by atoms with E-state index < -0.39 is 6.36 Å². The fourth-order valence-corrected chi connectivity index (χ4v) is 2.70. The molecule has 0 radical (unpaired) electrons. The van der Waals surface area contributed by atoms with Gasteiger partial charge in [-0.05, 0) is 24.2 Å². The molecule has 2 rings (SSSR count).